The fraction of sp³-hybridized carbons (Fsp3) is 0.667. The van der Waals surface area contributed by atoms with E-state index in [2.05, 4.69) is 4.90 Å². The van der Waals surface area contributed by atoms with E-state index in [0.717, 1.165) is 13.0 Å². The average Bonchev–Trinajstić information content (AvgIpc) is 1.88. The number of nitrogens with zero attached hydrogens (tertiary/aromatic N) is 1. The molecule has 0 amide bonds. The van der Waals surface area contributed by atoms with Crippen molar-refractivity contribution >= 4 is 7.12 Å². The highest BCUT2D eigenvalue weighted by Gasteiger charge is 2.18. The topological polar surface area (TPSA) is 43.7 Å². The SMILES string of the molecule is CN1CCC=C(B(O)O)C1. The van der Waals surface area contributed by atoms with E-state index in [1.54, 1.807) is 0 Å². The van der Waals surface area contributed by atoms with Crippen LogP contribution in [0.3, 0.4) is 0 Å². The lowest BCUT2D eigenvalue weighted by molar-refractivity contribution is 0.344. The monoisotopic (exact) mass is 141 g/mol. The van der Waals surface area contributed by atoms with Crippen molar-refractivity contribution in [2.24, 2.45) is 0 Å². The van der Waals surface area contributed by atoms with E-state index in [1.807, 2.05) is 13.1 Å². The van der Waals surface area contributed by atoms with Gasteiger partial charge in [-0.3, -0.25) is 0 Å². The Balaban J connectivity index is 2.51. The predicted molar refractivity (Wildman–Crippen MR) is 40.4 cm³/mol. The Bertz CT molecular complexity index is 147. The van der Waals surface area contributed by atoms with Crippen molar-refractivity contribution in [2.45, 2.75) is 6.42 Å². The Morgan fingerprint density at radius 2 is 2.30 bits per heavy atom. The van der Waals surface area contributed by atoms with Gasteiger partial charge in [0.2, 0.25) is 0 Å². The van der Waals surface area contributed by atoms with Gasteiger partial charge < -0.3 is 14.9 Å². The molecular formula is C6H12BNO2. The van der Waals surface area contributed by atoms with E-state index in [1.165, 1.54) is 0 Å². The van der Waals surface area contributed by atoms with E-state index in [-0.39, 0.29) is 0 Å². The van der Waals surface area contributed by atoms with Gasteiger partial charge in [0.05, 0.1) is 0 Å². The van der Waals surface area contributed by atoms with Crippen molar-refractivity contribution in [3.8, 4) is 0 Å². The molecule has 2 N–H and O–H groups in total. The van der Waals surface area contributed by atoms with Gasteiger partial charge in [-0.25, -0.2) is 0 Å². The lowest BCUT2D eigenvalue weighted by Crippen LogP contribution is -2.32. The highest BCUT2D eigenvalue weighted by molar-refractivity contribution is 6.50. The Morgan fingerprint density at radius 1 is 1.60 bits per heavy atom. The van der Waals surface area contributed by atoms with Crippen molar-refractivity contribution in [1.82, 2.24) is 4.90 Å². The van der Waals surface area contributed by atoms with Crippen molar-refractivity contribution < 1.29 is 10.0 Å². The molecule has 0 bridgehead atoms. The Hall–Kier alpha value is -0.315. The first kappa shape index (κ1) is 7.79. The van der Waals surface area contributed by atoms with Crippen LogP contribution in [-0.2, 0) is 0 Å². The van der Waals surface area contributed by atoms with Gasteiger partial charge in [-0.15, -0.1) is 0 Å². The third-order valence-corrected chi connectivity index (χ3v) is 1.70. The zero-order chi connectivity index (χ0) is 7.56. The van der Waals surface area contributed by atoms with Gasteiger partial charge in [0.15, 0.2) is 0 Å². The summed E-state index contributed by atoms with van der Waals surface area (Å²) in [5.74, 6) is 0. The molecule has 1 aliphatic rings. The molecule has 0 aromatic heterocycles. The maximum Gasteiger partial charge on any atom is 0.485 e. The molecule has 10 heavy (non-hydrogen) atoms. The van der Waals surface area contributed by atoms with Crippen LogP contribution in [0.1, 0.15) is 6.42 Å². The lowest BCUT2D eigenvalue weighted by Gasteiger charge is -2.22. The summed E-state index contributed by atoms with van der Waals surface area (Å²) in [5.41, 5.74) is 0.716. The average molecular weight is 141 g/mol. The summed E-state index contributed by atoms with van der Waals surface area (Å²) < 4.78 is 0. The second-order valence-electron chi connectivity index (χ2n) is 2.68. The van der Waals surface area contributed by atoms with Crippen LogP contribution >= 0.6 is 0 Å². The summed E-state index contributed by atoms with van der Waals surface area (Å²) in [6.07, 6.45) is 2.81. The van der Waals surface area contributed by atoms with Gasteiger partial charge in [0, 0.05) is 13.1 Å². The molecule has 4 heteroatoms. The molecule has 3 nitrogen and oxygen atoms in total. The van der Waals surface area contributed by atoms with E-state index >= 15 is 0 Å². The maximum atomic E-state index is 8.76. The highest BCUT2D eigenvalue weighted by Crippen LogP contribution is 2.07. The van der Waals surface area contributed by atoms with E-state index < -0.39 is 7.12 Å². The second-order valence-corrected chi connectivity index (χ2v) is 2.68. The molecule has 1 aliphatic heterocycles. The number of likely N-dealkylation sites (N-methyl/N-ethyl adjacent to an activating group) is 1. The third-order valence-electron chi connectivity index (χ3n) is 1.70. The van der Waals surface area contributed by atoms with Crippen LogP contribution in [0.25, 0.3) is 0 Å². The van der Waals surface area contributed by atoms with Gasteiger partial charge in [-0.1, -0.05) is 6.08 Å². The summed E-state index contributed by atoms with van der Waals surface area (Å²) >= 11 is 0. The van der Waals surface area contributed by atoms with Crippen LogP contribution in [0.4, 0.5) is 0 Å². The van der Waals surface area contributed by atoms with Gasteiger partial charge in [-0.2, -0.15) is 0 Å². The van der Waals surface area contributed by atoms with Gasteiger partial charge >= 0.3 is 7.12 Å². The third kappa shape index (κ3) is 1.83. The van der Waals surface area contributed by atoms with E-state index in [9.17, 15) is 0 Å². The van der Waals surface area contributed by atoms with Crippen LogP contribution in [0.2, 0.25) is 0 Å². The van der Waals surface area contributed by atoms with Crippen LogP contribution in [0, 0.1) is 0 Å². The van der Waals surface area contributed by atoms with Gasteiger partial charge in [0.25, 0.3) is 0 Å². The lowest BCUT2D eigenvalue weighted by atomic mass is 9.77. The molecule has 1 heterocycles. The summed E-state index contributed by atoms with van der Waals surface area (Å²) in [5, 5.41) is 17.5. The molecule has 0 aliphatic carbocycles. The van der Waals surface area contributed by atoms with Crippen molar-refractivity contribution in [3.63, 3.8) is 0 Å². The molecule has 0 radical (unpaired) electrons. The largest absolute Gasteiger partial charge is 0.485 e. The Kier molecular flexibility index (Phi) is 2.48. The molecule has 56 valence electrons. The Morgan fingerprint density at radius 3 is 2.70 bits per heavy atom. The molecule has 0 atom stereocenters. The van der Waals surface area contributed by atoms with Crippen LogP contribution in [0.15, 0.2) is 11.5 Å². The van der Waals surface area contributed by atoms with Crippen LogP contribution in [-0.4, -0.2) is 42.2 Å². The first-order valence-electron chi connectivity index (χ1n) is 3.44. The molecular weight excluding hydrogens is 129 g/mol. The normalized spacial score (nSPS) is 20.5. The quantitative estimate of drug-likeness (QED) is 0.472. The van der Waals surface area contributed by atoms with Crippen molar-refractivity contribution in [2.75, 3.05) is 20.1 Å². The minimum atomic E-state index is -1.26. The summed E-state index contributed by atoms with van der Waals surface area (Å²) in [6.45, 7) is 1.69. The first-order chi connectivity index (χ1) is 4.70. The smallest absolute Gasteiger partial charge is 0.423 e. The van der Waals surface area contributed by atoms with Gasteiger partial charge in [-0.05, 0) is 18.9 Å². The van der Waals surface area contributed by atoms with Gasteiger partial charge in [0.1, 0.15) is 0 Å². The summed E-state index contributed by atoms with van der Waals surface area (Å²) in [4.78, 5) is 2.06. The molecule has 0 aromatic carbocycles. The van der Waals surface area contributed by atoms with Crippen LogP contribution in [0.5, 0.6) is 0 Å². The Labute approximate surface area is 61.1 Å². The number of hydrogen-bond donors (Lipinski definition) is 2. The minimum absolute atomic E-state index is 0.678. The number of rotatable bonds is 1. The fourth-order valence-electron chi connectivity index (χ4n) is 1.11. The first-order valence-corrected chi connectivity index (χ1v) is 3.44. The fourth-order valence-corrected chi connectivity index (χ4v) is 1.11. The molecule has 0 fully saturated rings. The molecule has 0 saturated carbocycles. The molecule has 0 aromatic rings. The standard InChI is InChI=1S/C6H12BNO2/c1-8-4-2-3-6(5-8)7(9)10/h3,9-10H,2,4-5H2,1H3. The van der Waals surface area contributed by atoms with Crippen molar-refractivity contribution in [1.29, 1.82) is 0 Å². The highest BCUT2D eigenvalue weighted by atomic mass is 16.4. The second kappa shape index (κ2) is 3.19. The summed E-state index contributed by atoms with van der Waals surface area (Å²) in [6, 6.07) is 0. The maximum absolute atomic E-state index is 8.76. The van der Waals surface area contributed by atoms with E-state index in [0.29, 0.717) is 12.0 Å². The summed E-state index contributed by atoms with van der Waals surface area (Å²) in [7, 11) is 0.706. The van der Waals surface area contributed by atoms with Crippen LogP contribution < -0.4 is 0 Å². The van der Waals surface area contributed by atoms with E-state index in [4.69, 9.17) is 10.0 Å². The predicted octanol–water partition coefficient (Wildman–Crippen LogP) is -0.740. The minimum Gasteiger partial charge on any atom is -0.423 e. The molecule has 0 spiro atoms. The zero-order valence-electron chi connectivity index (χ0n) is 6.12. The number of hydrogen-bond acceptors (Lipinski definition) is 3. The molecule has 0 saturated heterocycles. The molecule has 0 unspecified atom stereocenters. The molecule has 1 rings (SSSR count). The van der Waals surface area contributed by atoms with Crippen molar-refractivity contribution in [3.05, 3.63) is 11.5 Å². The zero-order valence-corrected chi connectivity index (χ0v) is 6.12.